The second-order valence-corrected chi connectivity index (χ2v) is 4.38. The van der Waals surface area contributed by atoms with Crippen molar-refractivity contribution in [1.82, 2.24) is 9.97 Å². The fourth-order valence-electron chi connectivity index (χ4n) is 1.80. The summed E-state index contributed by atoms with van der Waals surface area (Å²) in [5.74, 6) is 1.53. The highest BCUT2D eigenvalue weighted by Gasteiger charge is 2.20. The fourth-order valence-corrected chi connectivity index (χ4v) is 1.80. The highest BCUT2D eigenvalue weighted by atomic mass is 16.5. The fraction of sp³-hybridized carbons (Fsp3) is 0.636. The molecule has 1 aliphatic rings. The molecule has 0 radical (unpaired) electrons. The highest BCUT2D eigenvalue weighted by Crippen LogP contribution is 2.20. The Kier molecular flexibility index (Phi) is 3.24. The van der Waals surface area contributed by atoms with E-state index in [0.29, 0.717) is 5.88 Å². The van der Waals surface area contributed by atoms with E-state index in [0.717, 1.165) is 25.3 Å². The molecule has 0 saturated carbocycles. The number of ether oxygens (including phenoxy) is 1. The molecule has 1 aromatic rings. The van der Waals surface area contributed by atoms with Crippen LogP contribution in [-0.4, -0.2) is 35.2 Å². The molecule has 16 heavy (non-hydrogen) atoms. The molecule has 2 rings (SSSR count). The van der Waals surface area contributed by atoms with Crippen LogP contribution in [-0.2, 0) is 0 Å². The number of nitrogens with two attached hydrogens (primary N) is 1. The molecule has 5 heteroatoms. The van der Waals surface area contributed by atoms with Gasteiger partial charge in [0.25, 0.3) is 0 Å². The normalized spacial score (nSPS) is 20.5. The summed E-state index contributed by atoms with van der Waals surface area (Å²) in [6.07, 6.45) is 2.69. The van der Waals surface area contributed by atoms with Gasteiger partial charge in [0.05, 0.1) is 6.10 Å². The minimum atomic E-state index is 0.128. The molecule has 0 spiro atoms. The Morgan fingerprint density at radius 3 is 2.94 bits per heavy atom. The first-order valence-electron chi connectivity index (χ1n) is 5.64. The van der Waals surface area contributed by atoms with Crippen molar-refractivity contribution in [3.63, 3.8) is 0 Å². The Morgan fingerprint density at radius 2 is 2.31 bits per heavy atom. The first-order chi connectivity index (χ1) is 7.65. The summed E-state index contributed by atoms with van der Waals surface area (Å²) in [6, 6.07) is 2.13. The topological polar surface area (TPSA) is 64.3 Å². The monoisotopic (exact) mass is 222 g/mol. The van der Waals surface area contributed by atoms with E-state index in [1.807, 2.05) is 19.9 Å². The molecular weight excluding hydrogens is 204 g/mol. The van der Waals surface area contributed by atoms with Crippen LogP contribution in [0.2, 0.25) is 0 Å². The van der Waals surface area contributed by atoms with Crippen LogP contribution in [0.5, 0.6) is 5.88 Å². The van der Waals surface area contributed by atoms with Crippen LogP contribution in [0, 0.1) is 0 Å². The van der Waals surface area contributed by atoms with Crippen molar-refractivity contribution in [2.45, 2.75) is 32.4 Å². The van der Waals surface area contributed by atoms with Crippen molar-refractivity contribution >= 4 is 5.82 Å². The van der Waals surface area contributed by atoms with Crippen LogP contribution >= 0.6 is 0 Å². The molecule has 1 unspecified atom stereocenters. The number of rotatable bonds is 3. The molecule has 0 aromatic carbocycles. The molecule has 1 aromatic heterocycles. The molecule has 2 N–H and O–H groups in total. The Bertz CT molecular complexity index is 356. The maximum atomic E-state index is 5.86. The first-order valence-corrected chi connectivity index (χ1v) is 5.64. The quantitative estimate of drug-likeness (QED) is 0.819. The number of nitrogens with zero attached hydrogens (tertiary/aromatic N) is 3. The van der Waals surface area contributed by atoms with E-state index >= 15 is 0 Å². The second-order valence-electron chi connectivity index (χ2n) is 4.38. The van der Waals surface area contributed by atoms with E-state index in [1.165, 1.54) is 6.33 Å². The largest absolute Gasteiger partial charge is 0.475 e. The molecule has 5 nitrogen and oxygen atoms in total. The summed E-state index contributed by atoms with van der Waals surface area (Å²) in [4.78, 5) is 10.5. The van der Waals surface area contributed by atoms with Crippen LogP contribution < -0.4 is 15.4 Å². The van der Waals surface area contributed by atoms with E-state index in [-0.39, 0.29) is 12.1 Å². The zero-order chi connectivity index (χ0) is 11.5. The van der Waals surface area contributed by atoms with Crippen LogP contribution in [0.25, 0.3) is 0 Å². The number of anilines is 1. The molecule has 1 fully saturated rings. The van der Waals surface area contributed by atoms with E-state index in [4.69, 9.17) is 10.5 Å². The van der Waals surface area contributed by atoms with Gasteiger partial charge in [0.2, 0.25) is 5.88 Å². The predicted octanol–water partition coefficient (Wildman–Crippen LogP) is 0.801. The van der Waals surface area contributed by atoms with E-state index < -0.39 is 0 Å². The summed E-state index contributed by atoms with van der Waals surface area (Å²) in [6.45, 7) is 5.78. The van der Waals surface area contributed by atoms with Gasteiger partial charge in [-0.2, -0.15) is 0 Å². The third-order valence-electron chi connectivity index (χ3n) is 2.53. The van der Waals surface area contributed by atoms with Gasteiger partial charge in [0.1, 0.15) is 12.1 Å². The molecule has 1 saturated heterocycles. The zero-order valence-corrected chi connectivity index (χ0v) is 9.76. The van der Waals surface area contributed by atoms with Crippen LogP contribution in [0.15, 0.2) is 12.4 Å². The lowest BCUT2D eigenvalue weighted by molar-refractivity contribution is 0.232. The van der Waals surface area contributed by atoms with Gasteiger partial charge in [-0.3, -0.25) is 0 Å². The highest BCUT2D eigenvalue weighted by molar-refractivity contribution is 5.42. The van der Waals surface area contributed by atoms with Gasteiger partial charge >= 0.3 is 0 Å². The molecule has 0 bridgehead atoms. The number of aromatic nitrogens is 2. The van der Waals surface area contributed by atoms with Crippen LogP contribution in [0.3, 0.4) is 0 Å². The molecule has 2 heterocycles. The maximum absolute atomic E-state index is 5.86. The van der Waals surface area contributed by atoms with Gasteiger partial charge in [-0.25, -0.2) is 9.97 Å². The molecule has 88 valence electrons. The zero-order valence-electron chi connectivity index (χ0n) is 9.76. The third kappa shape index (κ3) is 2.61. The lowest BCUT2D eigenvalue weighted by atomic mass is 10.3. The average molecular weight is 222 g/mol. The summed E-state index contributed by atoms with van der Waals surface area (Å²) < 4.78 is 5.53. The second kappa shape index (κ2) is 4.65. The Hall–Kier alpha value is -1.36. The summed E-state index contributed by atoms with van der Waals surface area (Å²) >= 11 is 0. The van der Waals surface area contributed by atoms with Gasteiger partial charge in [-0.1, -0.05) is 0 Å². The van der Waals surface area contributed by atoms with Crippen molar-refractivity contribution in [3.05, 3.63) is 12.4 Å². The van der Waals surface area contributed by atoms with Gasteiger partial charge in [-0.05, 0) is 20.3 Å². The molecule has 0 aliphatic carbocycles. The van der Waals surface area contributed by atoms with Crippen molar-refractivity contribution < 1.29 is 4.74 Å². The summed E-state index contributed by atoms with van der Waals surface area (Å²) in [5.41, 5.74) is 5.86. The van der Waals surface area contributed by atoms with E-state index in [2.05, 4.69) is 14.9 Å². The smallest absolute Gasteiger partial charge is 0.218 e. The minimum Gasteiger partial charge on any atom is -0.475 e. The number of hydrogen-bond donors (Lipinski definition) is 1. The van der Waals surface area contributed by atoms with E-state index in [9.17, 15) is 0 Å². The van der Waals surface area contributed by atoms with Crippen molar-refractivity contribution in [2.75, 3.05) is 18.0 Å². The molecule has 0 amide bonds. The van der Waals surface area contributed by atoms with Gasteiger partial charge in [-0.15, -0.1) is 0 Å². The van der Waals surface area contributed by atoms with Crippen molar-refractivity contribution in [3.8, 4) is 5.88 Å². The van der Waals surface area contributed by atoms with Crippen molar-refractivity contribution in [2.24, 2.45) is 5.73 Å². The lowest BCUT2D eigenvalue weighted by Crippen LogP contribution is -2.27. The van der Waals surface area contributed by atoms with Gasteiger partial charge in [0, 0.05) is 25.2 Å². The Balaban J connectivity index is 2.09. The Morgan fingerprint density at radius 1 is 1.50 bits per heavy atom. The number of hydrogen-bond acceptors (Lipinski definition) is 5. The summed E-state index contributed by atoms with van der Waals surface area (Å²) in [5, 5.41) is 0. The summed E-state index contributed by atoms with van der Waals surface area (Å²) in [7, 11) is 0. The Labute approximate surface area is 95.6 Å². The predicted molar refractivity (Wildman–Crippen MR) is 62.6 cm³/mol. The van der Waals surface area contributed by atoms with Gasteiger partial charge < -0.3 is 15.4 Å². The van der Waals surface area contributed by atoms with Gasteiger partial charge in [0.15, 0.2) is 0 Å². The van der Waals surface area contributed by atoms with E-state index in [1.54, 1.807) is 0 Å². The minimum absolute atomic E-state index is 0.128. The molecule has 1 aliphatic heterocycles. The first kappa shape index (κ1) is 11.1. The SMILES string of the molecule is CC(C)Oc1cc(N2CCC(N)C2)ncn1. The lowest BCUT2D eigenvalue weighted by Gasteiger charge is -2.17. The van der Waals surface area contributed by atoms with Crippen molar-refractivity contribution in [1.29, 1.82) is 0 Å². The maximum Gasteiger partial charge on any atom is 0.218 e. The van der Waals surface area contributed by atoms with Crippen LogP contribution in [0.1, 0.15) is 20.3 Å². The molecule has 1 atom stereocenters. The average Bonchev–Trinajstić information content (AvgIpc) is 2.64. The third-order valence-corrected chi connectivity index (χ3v) is 2.53. The molecular formula is C11H18N4O. The van der Waals surface area contributed by atoms with Crippen LogP contribution in [0.4, 0.5) is 5.82 Å². The standard InChI is InChI=1S/C11H18N4O/c1-8(2)16-11-5-10(13-7-14-11)15-4-3-9(12)6-15/h5,7-9H,3-4,6,12H2,1-2H3.